The highest BCUT2D eigenvalue weighted by molar-refractivity contribution is 5.96. The number of allylic oxidation sites excluding steroid dienone is 1. The molecule has 0 spiro atoms. The van der Waals surface area contributed by atoms with E-state index in [1.807, 2.05) is 0 Å². The molecule has 0 aliphatic carbocycles. The predicted octanol–water partition coefficient (Wildman–Crippen LogP) is 0.545. The van der Waals surface area contributed by atoms with Gasteiger partial charge >= 0.3 is 6.18 Å². The Hall–Kier alpha value is -1.24. The minimum Gasteiger partial charge on any atom is -0.382 e. The van der Waals surface area contributed by atoms with Crippen LogP contribution >= 0.6 is 0 Å². The number of hydrogen-bond donors (Lipinski definition) is 1. The summed E-state index contributed by atoms with van der Waals surface area (Å²) < 4.78 is 36.9. The monoisotopic (exact) mass is 238 g/mol. The Morgan fingerprint density at radius 1 is 1.50 bits per heavy atom. The maximum atomic E-state index is 12.3. The molecule has 1 aliphatic heterocycles. The molecule has 7 heteroatoms. The van der Waals surface area contributed by atoms with Crippen LogP contribution in [-0.2, 0) is 4.79 Å². The van der Waals surface area contributed by atoms with E-state index < -0.39 is 18.2 Å². The van der Waals surface area contributed by atoms with Crippen molar-refractivity contribution in [1.82, 2.24) is 9.80 Å². The first-order valence-electron chi connectivity index (χ1n) is 4.66. The number of Topliss-reactive ketones (excluding diaryl/α,β-unsaturated/α-hetero) is 1. The zero-order chi connectivity index (χ0) is 12.5. The van der Waals surface area contributed by atoms with E-state index in [0.717, 1.165) is 0 Å². The molecule has 1 fully saturated rings. The number of hydrogen-bond acceptors (Lipinski definition) is 4. The van der Waals surface area contributed by atoms with Gasteiger partial charge in [-0.25, -0.2) is 0 Å². The van der Waals surface area contributed by atoms with Gasteiger partial charge in [-0.2, -0.15) is 13.2 Å². The second-order valence-electron chi connectivity index (χ2n) is 3.76. The van der Waals surface area contributed by atoms with Crippen LogP contribution in [0.5, 0.6) is 0 Å². The zero-order valence-electron chi connectivity index (χ0n) is 8.95. The molecule has 1 heterocycles. The predicted molar refractivity (Wildman–Crippen MR) is 50.2 cm³/mol. The van der Waals surface area contributed by atoms with Gasteiger partial charge in [0.1, 0.15) is 0 Å². The van der Waals surface area contributed by atoms with Crippen LogP contribution in [0.15, 0.2) is 11.9 Å². The molecule has 0 radical (unpaired) electrons. The van der Waals surface area contributed by atoms with Gasteiger partial charge in [0, 0.05) is 33.3 Å². The Morgan fingerprint density at radius 2 is 2.06 bits per heavy atom. The second-order valence-corrected chi connectivity index (χ2v) is 3.76. The maximum absolute atomic E-state index is 12.3. The van der Waals surface area contributed by atoms with E-state index in [1.165, 1.54) is 11.1 Å². The SMILES string of the molecule is CN(C)/C=C1\C(=O)CCN1C(O)C(F)(F)F. The van der Waals surface area contributed by atoms with Crippen LogP contribution in [0.2, 0.25) is 0 Å². The number of aliphatic hydroxyl groups is 1. The Kier molecular flexibility index (Phi) is 3.47. The van der Waals surface area contributed by atoms with E-state index >= 15 is 0 Å². The molecule has 1 saturated heterocycles. The zero-order valence-corrected chi connectivity index (χ0v) is 8.95. The van der Waals surface area contributed by atoms with Gasteiger partial charge in [-0.1, -0.05) is 0 Å². The molecule has 4 nitrogen and oxygen atoms in total. The van der Waals surface area contributed by atoms with Gasteiger partial charge in [0.15, 0.2) is 5.78 Å². The quantitative estimate of drug-likeness (QED) is 0.713. The fourth-order valence-corrected chi connectivity index (χ4v) is 1.45. The molecular weight excluding hydrogens is 225 g/mol. The number of nitrogens with zero attached hydrogens (tertiary/aromatic N) is 2. The van der Waals surface area contributed by atoms with Crippen molar-refractivity contribution in [3.05, 3.63) is 11.9 Å². The van der Waals surface area contributed by atoms with E-state index in [4.69, 9.17) is 5.11 Å². The Labute approximate surface area is 90.9 Å². The number of alkyl halides is 3. The van der Waals surface area contributed by atoms with Crippen molar-refractivity contribution < 1.29 is 23.1 Å². The van der Waals surface area contributed by atoms with Gasteiger partial charge in [-0.3, -0.25) is 4.79 Å². The van der Waals surface area contributed by atoms with E-state index in [0.29, 0.717) is 4.90 Å². The number of aliphatic hydroxyl groups excluding tert-OH is 1. The number of carbonyl (C=O) groups is 1. The first kappa shape index (κ1) is 12.8. The van der Waals surface area contributed by atoms with Crippen LogP contribution < -0.4 is 0 Å². The summed E-state index contributed by atoms with van der Waals surface area (Å²) in [5, 5.41) is 9.08. The number of rotatable bonds is 2. The van der Waals surface area contributed by atoms with Crippen molar-refractivity contribution in [2.45, 2.75) is 18.8 Å². The molecule has 1 atom stereocenters. The van der Waals surface area contributed by atoms with Crippen molar-refractivity contribution in [3.8, 4) is 0 Å². The third-order valence-electron chi connectivity index (χ3n) is 2.14. The molecular formula is C9H13F3N2O2. The van der Waals surface area contributed by atoms with Gasteiger partial charge in [0.2, 0.25) is 6.23 Å². The van der Waals surface area contributed by atoms with E-state index in [-0.39, 0.29) is 18.7 Å². The lowest BCUT2D eigenvalue weighted by Crippen LogP contribution is -2.43. The summed E-state index contributed by atoms with van der Waals surface area (Å²) >= 11 is 0. The van der Waals surface area contributed by atoms with Crippen molar-refractivity contribution >= 4 is 5.78 Å². The Bertz CT molecular complexity index is 312. The highest BCUT2D eigenvalue weighted by Crippen LogP contribution is 2.29. The average Bonchev–Trinajstić information content (AvgIpc) is 2.45. The molecule has 0 saturated carbocycles. The molecule has 0 aromatic carbocycles. The van der Waals surface area contributed by atoms with E-state index in [2.05, 4.69) is 0 Å². The van der Waals surface area contributed by atoms with Gasteiger partial charge < -0.3 is 14.9 Å². The van der Waals surface area contributed by atoms with Crippen molar-refractivity contribution in [2.75, 3.05) is 20.6 Å². The third kappa shape index (κ3) is 2.66. The van der Waals surface area contributed by atoms with Crippen LogP contribution in [-0.4, -0.2) is 53.7 Å². The minimum atomic E-state index is -4.75. The average molecular weight is 238 g/mol. The number of carbonyl (C=O) groups excluding carboxylic acids is 1. The topological polar surface area (TPSA) is 43.8 Å². The fraction of sp³-hybridized carbons (Fsp3) is 0.667. The summed E-state index contributed by atoms with van der Waals surface area (Å²) in [5.74, 6) is -0.392. The Balaban J connectivity index is 2.93. The fourth-order valence-electron chi connectivity index (χ4n) is 1.45. The highest BCUT2D eigenvalue weighted by atomic mass is 19.4. The lowest BCUT2D eigenvalue weighted by Gasteiger charge is -2.27. The van der Waals surface area contributed by atoms with Crippen LogP contribution in [0.25, 0.3) is 0 Å². The molecule has 1 N–H and O–H groups in total. The smallest absolute Gasteiger partial charge is 0.382 e. The molecule has 1 rings (SSSR count). The largest absolute Gasteiger partial charge is 0.433 e. The number of ketones is 1. The van der Waals surface area contributed by atoms with Gasteiger partial charge in [0.25, 0.3) is 0 Å². The molecule has 92 valence electrons. The molecule has 1 aliphatic rings. The minimum absolute atomic E-state index is 0.00713. The summed E-state index contributed by atoms with van der Waals surface area (Å²) in [5.41, 5.74) is -0.102. The van der Waals surface area contributed by atoms with Gasteiger partial charge in [-0.05, 0) is 0 Å². The summed E-state index contributed by atoms with van der Waals surface area (Å²) in [6.45, 7) is -0.112. The highest BCUT2D eigenvalue weighted by Gasteiger charge is 2.46. The summed E-state index contributed by atoms with van der Waals surface area (Å²) in [6.07, 6.45) is -6.10. The summed E-state index contributed by atoms with van der Waals surface area (Å²) in [7, 11) is 3.19. The molecule has 0 bridgehead atoms. The molecule has 0 aromatic rings. The number of halogens is 3. The van der Waals surface area contributed by atoms with Crippen molar-refractivity contribution in [2.24, 2.45) is 0 Å². The molecule has 0 amide bonds. The first-order valence-corrected chi connectivity index (χ1v) is 4.66. The van der Waals surface area contributed by atoms with Gasteiger partial charge in [0.05, 0.1) is 5.70 Å². The lowest BCUT2D eigenvalue weighted by molar-refractivity contribution is -0.241. The molecule has 0 aromatic heterocycles. The number of likely N-dealkylation sites (tertiary alicyclic amines) is 1. The van der Waals surface area contributed by atoms with E-state index in [9.17, 15) is 18.0 Å². The summed E-state index contributed by atoms with van der Waals surface area (Å²) in [6, 6.07) is 0. The first-order chi connectivity index (χ1) is 7.23. The summed E-state index contributed by atoms with van der Waals surface area (Å²) in [4.78, 5) is 13.5. The maximum Gasteiger partial charge on any atom is 0.433 e. The van der Waals surface area contributed by atoms with Gasteiger partial charge in [-0.15, -0.1) is 0 Å². The second kappa shape index (κ2) is 4.32. The third-order valence-corrected chi connectivity index (χ3v) is 2.14. The van der Waals surface area contributed by atoms with Crippen molar-refractivity contribution in [1.29, 1.82) is 0 Å². The van der Waals surface area contributed by atoms with Crippen LogP contribution in [0, 0.1) is 0 Å². The Morgan fingerprint density at radius 3 is 2.50 bits per heavy atom. The lowest BCUT2D eigenvalue weighted by atomic mass is 10.3. The molecule has 1 unspecified atom stereocenters. The molecule has 16 heavy (non-hydrogen) atoms. The van der Waals surface area contributed by atoms with Crippen LogP contribution in [0.1, 0.15) is 6.42 Å². The van der Waals surface area contributed by atoms with E-state index in [1.54, 1.807) is 14.1 Å². The van der Waals surface area contributed by atoms with Crippen LogP contribution in [0.4, 0.5) is 13.2 Å². The van der Waals surface area contributed by atoms with Crippen LogP contribution in [0.3, 0.4) is 0 Å². The standard InChI is InChI=1S/C9H13F3N2O2/c1-13(2)5-6-7(15)3-4-14(6)8(16)9(10,11)12/h5,8,16H,3-4H2,1-2H3/b6-5+. The normalized spacial score (nSPS) is 21.8. The van der Waals surface area contributed by atoms with Crippen molar-refractivity contribution in [3.63, 3.8) is 0 Å².